The zero-order valence-corrected chi connectivity index (χ0v) is 15.1. The van der Waals surface area contributed by atoms with Gasteiger partial charge in [-0.3, -0.25) is 5.32 Å². The highest BCUT2D eigenvalue weighted by Gasteiger charge is 2.07. The van der Waals surface area contributed by atoms with Crippen LogP contribution in [0.4, 0.5) is 15.6 Å². The van der Waals surface area contributed by atoms with Gasteiger partial charge in [-0.25, -0.2) is 4.79 Å². The van der Waals surface area contributed by atoms with Crippen molar-refractivity contribution in [2.75, 3.05) is 10.6 Å². The molecule has 0 aliphatic heterocycles. The first-order chi connectivity index (χ1) is 12.1. The third kappa shape index (κ3) is 5.03. The number of carbonyl (C=O) groups is 1. The number of benzene rings is 2. The Bertz CT molecular complexity index is 909. The van der Waals surface area contributed by atoms with E-state index in [9.17, 15) is 4.79 Å². The average molecular weight is 391 g/mol. The predicted molar refractivity (Wildman–Crippen MR) is 104 cm³/mol. The number of urea groups is 1. The molecule has 0 unspecified atom stereocenters. The number of aromatic nitrogens is 2. The fourth-order valence-electron chi connectivity index (χ4n) is 1.92. The molecule has 2 amide bonds. The maximum atomic E-state index is 11.9. The van der Waals surface area contributed by atoms with Gasteiger partial charge >= 0.3 is 6.03 Å². The number of nitrogens with one attached hydrogen (secondary N) is 2. The standard InChI is InChI=1S/C17H12Cl2N4OS/c18-12-6-8-13(9-7-12)20-16(24)21-17-23-22-15(25-17)10-5-11-3-1-2-4-14(11)19/h1-10H,(H2,20,21,23,24). The summed E-state index contributed by atoms with van der Waals surface area (Å²) >= 11 is 13.2. The quantitative estimate of drug-likeness (QED) is 0.603. The van der Waals surface area contributed by atoms with Crippen LogP contribution in [0.25, 0.3) is 12.2 Å². The van der Waals surface area contributed by atoms with E-state index in [1.165, 1.54) is 11.3 Å². The van der Waals surface area contributed by atoms with Crippen molar-refractivity contribution in [1.82, 2.24) is 10.2 Å². The number of hydrogen-bond acceptors (Lipinski definition) is 4. The van der Waals surface area contributed by atoms with E-state index in [1.54, 1.807) is 30.3 Å². The van der Waals surface area contributed by atoms with Gasteiger partial charge in [0, 0.05) is 15.7 Å². The molecule has 0 saturated carbocycles. The van der Waals surface area contributed by atoms with Crippen LogP contribution in [0.5, 0.6) is 0 Å². The van der Waals surface area contributed by atoms with E-state index in [0.717, 1.165) is 5.56 Å². The van der Waals surface area contributed by atoms with Gasteiger partial charge in [-0.05, 0) is 42.0 Å². The van der Waals surface area contributed by atoms with Crippen LogP contribution in [-0.4, -0.2) is 16.2 Å². The van der Waals surface area contributed by atoms with Gasteiger partial charge in [-0.2, -0.15) is 0 Å². The molecule has 0 aliphatic carbocycles. The van der Waals surface area contributed by atoms with E-state index in [4.69, 9.17) is 23.2 Å². The van der Waals surface area contributed by atoms with Crippen LogP contribution in [0, 0.1) is 0 Å². The number of nitrogens with zero attached hydrogens (tertiary/aromatic N) is 2. The zero-order valence-electron chi connectivity index (χ0n) is 12.7. The largest absolute Gasteiger partial charge is 0.325 e. The summed E-state index contributed by atoms with van der Waals surface area (Å²) in [5.74, 6) is 0. The third-order valence-electron chi connectivity index (χ3n) is 3.07. The van der Waals surface area contributed by atoms with Crippen LogP contribution in [-0.2, 0) is 0 Å². The van der Waals surface area contributed by atoms with E-state index in [0.29, 0.717) is 25.9 Å². The van der Waals surface area contributed by atoms with Gasteiger partial charge in [0.2, 0.25) is 5.13 Å². The van der Waals surface area contributed by atoms with Crippen molar-refractivity contribution >= 4 is 63.5 Å². The number of carbonyl (C=O) groups excluding carboxylic acids is 1. The molecule has 0 fully saturated rings. The molecule has 0 atom stereocenters. The minimum atomic E-state index is -0.403. The molecular formula is C17H12Cl2N4OS. The average Bonchev–Trinajstić information content (AvgIpc) is 3.03. The third-order valence-corrected chi connectivity index (χ3v) is 4.47. The minimum Gasteiger partial charge on any atom is -0.308 e. The molecular weight excluding hydrogens is 379 g/mol. The van der Waals surface area contributed by atoms with Crippen molar-refractivity contribution in [3.63, 3.8) is 0 Å². The Labute approximate surface area is 158 Å². The number of anilines is 2. The van der Waals surface area contributed by atoms with Crippen LogP contribution in [0.15, 0.2) is 48.5 Å². The molecule has 3 aromatic rings. The summed E-state index contributed by atoms with van der Waals surface area (Å²) in [5, 5.41) is 15.6. The lowest BCUT2D eigenvalue weighted by Crippen LogP contribution is -2.19. The lowest BCUT2D eigenvalue weighted by molar-refractivity contribution is 0.262. The summed E-state index contributed by atoms with van der Waals surface area (Å²) in [6.07, 6.45) is 3.64. The molecule has 0 spiro atoms. The second-order valence-electron chi connectivity index (χ2n) is 4.89. The summed E-state index contributed by atoms with van der Waals surface area (Å²) in [6.45, 7) is 0. The summed E-state index contributed by atoms with van der Waals surface area (Å²) < 4.78 is 0. The van der Waals surface area contributed by atoms with E-state index >= 15 is 0 Å². The second kappa shape index (κ2) is 8.11. The molecule has 2 aromatic carbocycles. The molecule has 0 saturated heterocycles. The SMILES string of the molecule is O=C(Nc1ccc(Cl)cc1)Nc1nnc(C=Cc2ccccc2Cl)s1. The molecule has 1 heterocycles. The van der Waals surface area contributed by atoms with Crippen molar-refractivity contribution in [1.29, 1.82) is 0 Å². The molecule has 0 bridgehead atoms. The molecule has 1 aromatic heterocycles. The fourth-order valence-corrected chi connectivity index (χ4v) is 2.88. The summed E-state index contributed by atoms with van der Waals surface area (Å²) in [7, 11) is 0. The first-order valence-corrected chi connectivity index (χ1v) is 8.77. The fraction of sp³-hybridized carbons (Fsp3) is 0. The van der Waals surface area contributed by atoms with Crippen LogP contribution >= 0.6 is 34.5 Å². The summed E-state index contributed by atoms with van der Waals surface area (Å²) in [6, 6.07) is 13.9. The van der Waals surface area contributed by atoms with Gasteiger partial charge in [0.1, 0.15) is 5.01 Å². The van der Waals surface area contributed by atoms with E-state index in [2.05, 4.69) is 20.8 Å². The predicted octanol–water partition coefficient (Wildman–Crippen LogP) is 5.66. The van der Waals surface area contributed by atoms with Gasteiger partial charge < -0.3 is 5.32 Å². The first kappa shape index (κ1) is 17.4. The van der Waals surface area contributed by atoms with Gasteiger partial charge in [0.15, 0.2) is 0 Å². The first-order valence-electron chi connectivity index (χ1n) is 7.20. The highest BCUT2D eigenvalue weighted by Crippen LogP contribution is 2.21. The normalized spacial score (nSPS) is 10.8. The smallest absolute Gasteiger partial charge is 0.308 e. The Morgan fingerprint density at radius 3 is 2.48 bits per heavy atom. The van der Waals surface area contributed by atoms with Gasteiger partial charge in [-0.1, -0.05) is 58.8 Å². The molecule has 126 valence electrons. The zero-order chi connectivity index (χ0) is 17.6. The Hall–Kier alpha value is -2.41. The minimum absolute atomic E-state index is 0.394. The number of hydrogen-bond donors (Lipinski definition) is 2. The number of amides is 2. The lowest BCUT2D eigenvalue weighted by Gasteiger charge is -2.04. The van der Waals surface area contributed by atoms with Crippen LogP contribution < -0.4 is 10.6 Å². The van der Waals surface area contributed by atoms with Gasteiger partial charge in [0.25, 0.3) is 0 Å². The second-order valence-corrected chi connectivity index (χ2v) is 6.74. The van der Waals surface area contributed by atoms with E-state index < -0.39 is 6.03 Å². The van der Waals surface area contributed by atoms with Crippen molar-refractivity contribution in [2.24, 2.45) is 0 Å². The van der Waals surface area contributed by atoms with Crippen molar-refractivity contribution in [2.45, 2.75) is 0 Å². The molecule has 0 radical (unpaired) electrons. The van der Waals surface area contributed by atoms with Crippen LogP contribution in [0.1, 0.15) is 10.6 Å². The molecule has 25 heavy (non-hydrogen) atoms. The Morgan fingerprint density at radius 1 is 0.960 bits per heavy atom. The van der Waals surface area contributed by atoms with Crippen molar-refractivity contribution < 1.29 is 4.79 Å². The lowest BCUT2D eigenvalue weighted by atomic mass is 10.2. The van der Waals surface area contributed by atoms with Crippen LogP contribution in [0.3, 0.4) is 0 Å². The van der Waals surface area contributed by atoms with Gasteiger partial charge in [0.05, 0.1) is 0 Å². The topological polar surface area (TPSA) is 66.9 Å². The highest BCUT2D eigenvalue weighted by atomic mass is 35.5. The Morgan fingerprint density at radius 2 is 1.72 bits per heavy atom. The van der Waals surface area contributed by atoms with E-state index in [-0.39, 0.29) is 0 Å². The van der Waals surface area contributed by atoms with E-state index in [1.807, 2.05) is 30.3 Å². The summed E-state index contributed by atoms with van der Waals surface area (Å²) in [4.78, 5) is 11.9. The summed E-state index contributed by atoms with van der Waals surface area (Å²) in [5.41, 5.74) is 1.51. The van der Waals surface area contributed by atoms with Crippen molar-refractivity contribution in [3.05, 3.63) is 69.1 Å². The molecule has 2 N–H and O–H groups in total. The number of rotatable bonds is 4. The Kier molecular flexibility index (Phi) is 5.65. The van der Waals surface area contributed by atoms with Gasteiger partial charge in [-0.15, -0.1) is 10.2 Å². The highest BCUT2D eigenvalue weighted by molar-refractivity contribution is 7.16. The molecule has 8 heteroatoms. The maximum absolute atomic E-state index is 11.9. The number of halogens is 2. The van der Waals surface area contributed by atoms with Crippen molar-refractivity contribution in [3.8, 4) is 0 Å². The van der Waals surface area contributed by atoms with Crippen LogP contribution in [0.2, 0.25) is 10.0 Å². The maximum Gasteiger partial charge on any atom is 0.325 e. The Balaban J connectivity index is 1.60. The monoisotopic (exact) mass is 390 g/mol. The molecule has 5 nitrogen and oxygen atoms in total. The molecule has 0 aliphatic rings. The molecule has 3 rings (SSSR count).